The molecule has 0 saturated carbocycles. The molecule has 0 aliphatic rings. The fourth-order valence-corrected chi connectivity index (χ4v) is 6.98. The van der Waals surface area contributed by atoms with E-state index in [2.05, 4.69) is 10.2 Å². The van der Waals surface area contributed by atoms with Gasteiger partial charge in [0, 0.05) is 34.2 Å². The van der Waals surface area contributed by atoms with E-state index in [1.165, 1.54) is 12.4 Å². The number of pyridine rings is 2. The minimum absolute atomic E-state index is 0.206. The van der Waals surface area contributed by atoms with Crippen molar-refractivity contribution in [3.05, 3.63) is 121 Å². The molecule has 2 aromatic carbocycles. The summed E-state index contributed by atoms with van der Waals surface area (Å²) in [5.41, 5.74) is 0.523. The lowest BCUT2D eigenvalue weighted by molar-refractivity contribution is -0.142. The third-order valence-electron chi connectivity index (χ3n) is 7.39. The molecule has 0 saturated heterocycles. The first-order chi connectivity index (χ1) is 21.3. The Bertz CT molecular complexity index is 1820. The van der Waals surface area contributed by atoms with Crippen LogP contribution in [0.1, 0.15) is 11.4 Å². The van der Waals surface area contributed by atoms with Gasteiger partial charge in [0.1, 0.15) is 0 Å². The summed E-state index contributed by atoms with van der Waals surface area (Å²) in [6, 6.07) is 27.2. The number of halogens is 6. The molecule has 0 fully saturated rings. The molecular formula is C32H24F6N6Si. The number of nitrogens with zero attached hydrogens (tertiary/aromatic N) is 6. The molecule has 0 N–H and O–H groups in total. The van der Waals surface area contributed by atoms with Crippen molar-refractivity contribution >= 4 is 18.7 Å². The molecule has 0 amide bonds. The van der Waals surface area contributed by atoms with Gasteiger partial charge < -0.3 is 0 Å². The van der Waals surface area contributed by atoms with E-state index >= 15 is 0 Å². The molecule has 45 heavy (non-hydrogen) atoms. The molecule has 4 aromatic heterocycles. The standard InChI is InChI=1S/C32H24F6N6Si/c1-45(2,27-15-13-23(21-9-5-3-6-10-21)29(39-27)43-19-17-25(41-43)31(33,34)35)28-16-14-24(22-11-7-4-8-12-22)30(40-28)44-20-18-26(42-44)32(36,37)38/h3-20H,1-2H3. The Morgan fingerprint density at radius 2 is 0.889 bits per heavy atom. The van der Waals surface area contributed by atoms with Crippen molar-refractivity contribution in [2.75, 3.05) is 0 Å². The molecule has 0 atom stereocenters. The van der Waals surface area contributed by atoms with Crippen LogP contribution in [0.15, 0.2) is 109 Å². The number of alkyl halides is 6. The summed E-state index contributed by atoms with van der Waals surface area (Å²) >= 11 is 0. The second-order valence-electron chi connectivity index (χ2n) is 10.8. The van der Waals surface area contributed by atoms with Crippen molar-refractivity contribution in [1.82, 2.24) is 29.5 Å². The number of rotatable bonds is 6. The second-order valence-corrected chi connectivity index (χ2v) is 15.1. The Labute approximate surface area is 254 Å². The van der Waals surface area contributed by atoms with E-state index in [0.717, 1.165) is 32.6 Å². The monoisotopic (exact) mass is 634 g/mol. The van der Waals surface area contributed by atoms with Gasteiger partial charge in [-0.2, -0.15) is 36.5 Å². The van der Waals surface area contributed by atoms with Crippen molar-refractivity contribution in [3.8, 4) is 33.9 Å². The summed E-state index contributed by atoms with van der Waals surface area (Å²) in [7, 11) is -2.84. The first-order valence-electron chi connectivity index (χ1n) is 13.7. The van der Waals surface area contributed by atoms with Crippen LogP contribution in [0.4, 0.5) is 26.3 Å². The van der Waals surface area contributed by atoms with Crippen LogP contribution < -0.4 is 10.6 Å². The average molecular weight is 635 g/mol. The Morgan fingerprint density at radius 1 is 0.511 bits per heavy atom. The summed E-state index contributed by atoms with van der Waals surface area (Å²) in [6.07, 6.45) is -6.83. The summed E-state index contributed by atoms with van der Waals surface area (Å²) < 4.78 is 83.0. The Hall–Kier alpha value is -5.04. The number of hydrogen-bond donors (Lipinski definition) is 0. The van der Waals surface area contributed by atoms with Crippen molar-refractivity contribution in [2.24, 2.45) is 0 Å². The van der Waals surface area contributed by atoms with Crippen LogP contribution in [0, 0.1) is 0 Å². The minimum atomic E-state index is -4.64. The molecule has 6 rings (SSSR count). The van der Waals surface area contributed by atoms with Gasteiger partial charge in [0.2, 0.25) is 0 Å². The fourth-order valence-electron chi connectivity index (χ4n) is 4.95. The van der Waals surface area contributed by atoms with E-state index < -0.39 is 31.8 Å². The fraction of sp³-hybridized carbons (Fsp3) is 0.125. The summed E-state index contributed by atoms with van der Waals surface area (Å²) in [5, 5.41) is 8.73. The zero-order valence-electron chi connectivity index (χ0n) is 23.8. The molecule has 228 valence electrons. The van der Waals surface area contributed by atoms with E-state index in [1.54, 1.807) is 12.1 Å². The highest BCUT2D eigenvalue weighted by Crippen LogP contribution is 2.31. The summed E-state index contributed by atoms with van der Waals surface area (Å²) in [5.74, 6) is 0.413. The van der Waals surface area contributed by atoms with Gasteiger partial charge in [0.15, 0.2) is 31.1 Å². The van der Waals surface area contributed by atoms with Crippen LogP contribution in [-0.4, -0.2) is 37.6 Å². The lowest BCUT2D eigenvalue weighted by atomic mass is 10.1. The van der Waals surface area contributed by atoms with Crippen molar-refractivity contribution < 1.29 is 26.3 Å². The van der Waals surface area contributed by atoms with E-state index in [1.807, 2.05) is 85.9 Å². The molecule has 0 aliphatic carbocycles. The zero-order valence-corrected chi connectivity index (χ0v) is 24.8. The molecule has 0 spiro atoms. The van der Waals surface area contributed by atoms with Gasteiger partial charge in [-0.05, 0) is 47.5 Å². The molecular weight excluding hydrogens is 610 g/mol. The van der Waals surface area contributed by atoms with Crippen LogP contribution >= 0.6 is 0 Å². The smallest absolute Gasteiger partial charge is 0.237 e. The van der Waals surface area contributed by atoms with Crippen LogP contribution in [0.3, 0.4) is 0 Å². The van der Waals surface area contributed by atoms with Crippen molar-refractivity contribution in [3.63, 3.8) is 0 Å². The van der Waals surface area contributed by atoms with E-state index in [0.29, 0.717) is 21.8 Å². The molecule has 6 aromatic rings. The maximum Gasteiger partial charge on any atom is 0.435 e. The van der Waals surface area contributed by atoms with Crippen LogP contribution in [-0.2, 0) is 12.4 Å². The highest BCUT2D eigenvalue weighted by atomic mass is 28.3. The van der Waals surface area contributed by atoms with Gasteiger partial charge in [-0.1, -0.05) is 73.8 Å². The Morgan fingerprint density at radius 3 is 1.22 bits per heavy atom. The zero-order chi connectivity index (χ0) is 32.0. The third-order valence-corrected chi connectivity index (χ3v) is 10.5. The molecule has 13 heteroatoms. The lowest BCUT2D eigenvalue weighted by Gasteiger charge is -2.24. The topological polar surface area (TPSA) is 61.4 Å². The quantitative estimate of drug-likeness (QED) is 0.146. The first-order valence-corrected chi connectivity index (χ1v) is 16.7. The van der Waals surface area contributed by atoms with Gasteiger partial charge in [-0.15, -0.1) is 0 Å². The number of benzene rings is 2. The molecule has 0 radical (unpaired) electrons. The maximum atomic E-state index is 13.5. The highest BCUT2D eigenvalue weighted by molar-refractivity contribution is 6.99. The van der Waals surface area contributed by atoms with Crippen LogP contribution in [0.2, 0.25) is 13.1 Å². The van der Waals surface area contributed by atoms with Gasteiger partial charge >= 0.3 is 12.4 Å². The van der Waals surface area contributed by atoms with E-state index in [9.17, 15) is 26.3 Å². The number of aromatic nitrogens is 6. The van der Waals surface area contributed by atoms with Crippen molar-refractivity contribution in [2.45, 2.75) is 25.4 Å². The van der Waals surface area contributed by atoms with Gasteiger partial charge in [0.25, 0.3) is 0 Å². The molecule has 0 aliphatic heterocycles. The molecule has 0 unspecified atom stereocenters. The number of hydrogen-bond acceptors (Lipinski definition) is 4. The maximum absolute atomic E-state index is 13.5. The predicted octanol–water partition coefficient (Wildman–Crippen LogP) is 7.04. The van der Waals surface area contributed by atoms with E-state index in [-0.39, 0.29) is 11.6 Å². The third kappa shape index (κ3) is 5.90. The summed E-state index contributed by atoms with van der Waals surface area (Å²) in [6.45, 7) is 3.92. The molecule has 6 nitrogen and oxygen atoms in total. The van der Waals surface area contributed by atoms with Crippen LogP contribution in [0.25, 0.3) is 33.9 Å². The van der Waals surface area contributed by atoms with Gasteiger partial charge in [-0.25, -0.2) is 19.3 Å². The van der Waals surface area contributed by atoms with Gasteiger partial charge in [0.05, 0.1) is 0 Å². The lowest BCUT2D eigenvalue weighted by Crippen LogP contribution is -2.56. The highest BCUT2D eigenvalue weighted by Gasteiger charge is 2.36. The molecule has 4 heterocycles. The van der Waals surface area contributed by atoms with Gasteiger partial charge in [-0.3, -0.25) is 0 Å². The van der Waals surface area contributed by atoms with Crippen molar-refractivity contribution in [1.29, 1.82) is 0 Å². The van der Waals surface area contributed by atoms with E-state index in [4.69, 9.17) is 9.97 Å². The Kier molecular flexibility index (Phi) is 7.43. The Balaban J connectivity index is 1.50. The predicted molar refractivity (Wildman–Crippen MR) is 160 cm³/mol. The second kappa shape index (κ2) is 11.1. The largest absolute Gasteiger partial charge is 0.435 e. The normalized spacial score (nSPS) is 12.4. The molecule has 0 bridgehead atoms. The average Bonchev–Trinajstić information content (AvgIpc) is 3.73. The van der Waals surface area contributed by atoms with Crippen LogP contribution in [0.5, 0.6) is 0 Å². The first kappa shape index (κ1) is 30.0. The SMILES string of the molecule is C[Si](C)(c1ccc(-c2ccccc2)c(-n2ccc(C(F)(F)F)n2)n1)c1ccc(-c2ccccc2)c(-n2ccc(C(F)(F)F)n2)n1. The summed E-state index contributed by atoms with van der Waals surface area (Å²) in [4.78, 5) is 9.73. The minimum Gasteiger partial charge on any atom is -0.237 e.